The number of nitrogens with zero attached hydrogens (tertiary/aromatic N) is 2. The summed E-state index contributed by atoms with van der Waals surface area (Å²) < 4.78 is 1.91. The van der Waals surface area contributed by atoms with Crippen LogP contribution in [0.3, 0.4) is 0 Å². The van der Waals surface area contributed by atoms with Gasteiger partial charge in [-0.25, -0.2) is 0 Å². The first-order chi connectivity index (χ1) is 8.15. The van der Waals surface area contributed by atoms with Gasteiger partial charge in [0.2, 0.25) is 0 Å². The van der Waals surface area contributed by atoms with Crippen molar-refractivity contribution >= 4 is 11.6 Å². The fraction of sp³-hybridized carbons (Fsp3) is 0.308. The van der Waals surface area contributed by atoms with Gasteiger partial charge in [0.1, 0.15) is 0 Å². The third-order valence-electron chi connectivity index (χ3n) is 2.83. The van der Waals surface area contributed by atoms with Crippen molar-refractivity contribution in [1.82, 2.24) is 9.78 Å². The lowest BCUT2D eigenvalue weighted by Gasteiger charge is -2.04. The highest BCUT2D eigenvalue weighted by Gasteiger charge is 2.10. The van der Waals surface area contributed by atoms with E-state index < -0.39 is 0 Å². The fourth-order valence-electron chi connectivity index (χ4n) is 1.85. The number of aromatic nitrogens is 2. The average molecular weight is 250 g/mol. The predicted molar refractivity (Wildman–Crippen MR) is 71.0 cm³/mol. The van der Waals surface area contributed by atoms with Crippen LogP contribution in [0, 0.1) is 6.92 Å². The summed E-state index contributed by atoms with van der Waals surface area (Å²) in [6.07, 6.45) is 2.03. The maximum atomic E-state index is 6.27. The molecule has 1 aromatic carbocycles. The summed E-state index contributed by atoms with van der Waals surface area (Å²) >= 11 is 6.27. The summed E-state index contributed by atoms with van der Waals surface area (Å²) in [7, 11) is 0. The molecule has 17 heavy (non-hydrogen) atoms. The Balaban J connectivity index is 2.48. The van der Waals surface area contributed by atoms with Gasteiger partial charge < -0.3 is 5.73 Å². The molecule has 0 atom stereocenters. The Kier molecular flexibility index (Phi) is 3.50. The molecular weight excluding hydrogens is 234 g/mol. The van der Waals surface area contributed by atoms with Crippen LogP contribution in [0.2, 0.25) is 5.02 Å². The quantitative estimate of drug-likeness (QED) is 0.909. The molecule has 0 aliphatic heterocycles. The van der Waals surface area contributed by atoms with Gasteiger partial charge in [-0.05, 0) is 25.5 Å². The fourth-order valence-corrected chi connectivity index (χ4v) is 2.15. The molecule has 0 aliphatic rings. The van der Waals surface area contributed by atoms with Gasteiger partial charge in [-0.15, -0.1) is 0 Å². The van der Waals surface area contributed by atoms with Gasteiger partial charge in [-0.1, -0.05) is 23.7 Å². The first-order valence-electron chi connectivity index (χ1n) is 5.68. The van der Waals surface area contributed by atoms with Crippen LogP contribution in [0.25, 0.3) is 11.1 Å². The average Bonchev–Trinajstić information content (AvgIpc) is 2.70. The smallest absolute Gasteiger partial charge is 0.0672 e. The molecule has 3 nitrogen and oxygen atoms in total. The van der Waals surface area contributed by atoms with Gasteiger partial charge in [-0.2, -0.15) is 5.10 Å². The Morgan fingerprint density at radius 2 is 2.12 bits per heavy atom. The summed E-state index contributed by atoms with van der Waals surface area (Å²) in [5.74, 6) is 0. The SMILES string of the molecule is CCn1cc(-c2ccc(CN)cc2Cl)c(C)n1. The van der Waals surface area contributed by atoms with Crippen molar-refractivity contribution in [3.05, 3.63) is 40.7 Å². The number of nitrogens with two attached hydrogens (primary N) is 1. The van der Waals surface area contributed by atoms with E-state index in [1.807, 2.05) is 36.0 Å². The van der Waals surface area contributed by atoms with Gasteiger partial charge in [0.15, 0.2) is 0 Å². The molecule has 2 rings (SSSR count). The summed E-state index contributed by atoms with van der Waals surface area (Å²) in [5, 5.41) is 5.15. The molecule has 0 saturated carbocycles. The van der Waals surface area contributed by atoms with E-state index in [-0.39, 0.29) is 0 Å². The summed E-state index contributed by atoms with van der Waals surface area (Å²) in [4.78, 5) is 0. The molecule has 0 fully saturated rings. The third kappa shape index (κ3) is 2.35. The monoisotopic (exact) mass is 249 g/mol. The van der Waals surface area contributed by atoms with Gasteiger partial charge in [0.25, 0.3) is 0 Å². The zero-order valence-electron chi connectivity index (χ0n) is 10.1. The van der Waals surface area contributed by atoms with E-state index in [9.17, 15) is 0 Å². The van der Waals surface area contributed by atoms with Crippen molar-refractivity contribution in [3.63, 3.8) is 0 Å². The predicted octanol–water partition coefficient (Wildman–Crippen LogP) is 2.99. The van der Waals surface area contributed by atoms with Crippen LogP contribution in [-0.4, -0.2) is 9.78 Å². The number of benzene rings is 1. The second kappa shape index (κ2) is 4.90. The van der Waals surface area contributed by atoms with E-state index in [0.717, 1.165) is 34.0 Å². The molecule has 0 amide bonds. The minimum Gasteiger partial charge on any atom is -0.326 e. The standard InChI is InChI=1S/C13H16ClN3/c1-3-17-8-12(9(2)16-17)11-5-4-10(7-15)6-13(11)14/h4-6,8H,3,7,15H2,1-2H3. The summed E-state index contributed by atoms with van der Waals surface area (Å²) in [5.41, 5.74) is 9.72. The number of hydrogen-bond acceptors (Lipinski definition) is 2. The highest BCUT2D eigenvalue weighted by atomic mass is 35.5. The first kappa shape index (κ1) is 12.1. The van der Waals surface area contributed by atoms with Crippen molar-refractivity contribution in [2.75, 3.05) is 0 Å². The molecule has 1 aromatic heterocycles. The Morgan fingerprint density at radius 3 is 2.65 bits per heavy atom. The Hall–Kier alpha value is -1.32. The van der Waals surface area contributed by atoms with Crippen molar-refractivity contribution in [3.8, 4) is 11.1 Å². The summed E-state index contributed by atoms with van der Waals surface area (Å²) in [6.45, 7) is 5.43. The molecule has 0 spiro atoms. The molecule has 90 valence electrons. The zero-order chi connectivity index (χ0) is 12.4. The number of halogens is 1. The van der Waals surface area contributed by atoms with E-state index in [4.69, 9.17) is 17.3 Å². The van der Waals surface area contributed by atoms with E-state index in [2.05, 4.69) is 12.0 Å². The highest BCUT2D eigenvalue weighted by molar-refractivity contribution is 6.33. The topological polar surface area (TPSA) is 43.8 Å². The molecule has 0 radical (unpaired) electrons. The minimum absolute atomic E-state index is 0.507. The van der Waals surface area contributed by atoms with Crippen LogP contribution in [0.1, 0.15) is 18.2 Å². The second-order valence-corrected chi connectivity index (χ2v) is 4.41. The number of rotatable bonds is 3. The maximum Gasteiger partial charge on any atom is 0.0672 e. The number of hydrogen-bond donors (Lipinski definition) is 1. The van der Waals surface area contributed by atoms with Gasteiger partial charge >= 0.3 is 0 Å². The maximum absolute atomic E-state index is 6.27. The van der Waals surface area contributed by atoms with Crippen LogP contribution in [0.5, 0.6) is 0 Å². The Labute approximate surface area is 106 Å². The molecular formula is C13H16ClN3. The normalized spacial score (nSPS) is 10.8. The van der Waals surface area contributed by atoms with Crippen LogP contribution in [0.4, 0.5) is 0 Å². The van der Waals surface area contributed by atoms with E-state index >= 15 is 0 Å². The molecule has 2 aromatic rings. The third-order valence-corrected chi connectivity index (χ3v) is 3.14. The van der Waals surface area contributed by atoms with Crippen molar-refractivity contribution < 1.29 is 0 Å². The zero-order valence-corrected chi connectivity index (χ0v) is 10.8. The highest BCUT2D eigenvalue weighted by Crippen LogP contribution is 2.30. The van der Waals surface area contributed by atoms with Gasteiger partial charge in [0, 0.05) is 35.4 Å². The second-order valence-electron chi connectivity index (χ2n) is 4.00. The van der Waals surface area contributed by atoms with Crippen LogP contribution < -0.4 is 5.73 Å². The molecule has 0 bridgehead atoms. The lowest BCUT2D eigenvalue weighted by Crippen LogP contribution is -1.96. The van der Waals surface area contributed by atoms with Gasteiger partial charge in [-0.3, -0.25) is 4.68 Å². The minimum atomic E-state index is 0.507. The molecule has 0 unspecified atom stereocenters. The Morgan fingerprint density at radius 1 is 1.35 bits per heavy atom. The summed E-state index contributed by atoms with van der Waals surface area (Å²) in [6, 6.07) is 5.93. The lowest BCUT2D eigenvalue weighted by molar-refractivity contribution is 0.653. The van der Waals surface area contributed by atoms with E-state index in [1.54, 1.807) is 0 Å². The van der Waals surface area contributed by atoms with Crippen molar-refractivity contribution in [2.45, 2.75) is 26.9 Å². The molecule has 4 heteroatoms. The molecule has 0 aliphatic carbocycles. The van der Waals surface area contributed by atoms with Crippen molar-refractivity contribution in [1.29, 1.82) is 0 Å². The molecule has 0 saturated heterocycles. The van der Waals surface area contributed by atoms with E-state index in [0.29, 0.717) is 6.54 Å². The first-order valence-corrected chi connectivity index (χ1v) is 6.06. The Bertz CT molecular complexity index is 531. The largest absolute Gasteiger partial charge is 0.326 e. The van der Waals surface area contributed by atoms with Gasteiger partial charge in [0.05, 0.1) is 5.69 Å². The molecule has 2 N–H and O–H groups in total. The van der Waals surface area contributed by atoms with Crippen LogP contribution in [-0.2, 0) is 13.1 Å². The number of aryl methyl sites for hydroxylation is 2. The molecule has 1 heterocycles. The van der Waals surface area contributed by atoms with E-state index in [1.165, 1.54) is 0 Å². The lowest BCUT2D eigenvalue weighted by atomic mass is 10.0. The van der Waals surface area contributed by atoms with Crippen LogP contribution in [0.15, 0.2) is 24.4 Å². The van der Waals surface area contributed by atoms with Crippen molar-refractivity contribution in [2.24, 2.45) is 5.73 Å². The van der Waals surface area contributed by atoms with Crippen LogP contribution >= 0.6 is 11.6 Å².